The molecule has 30 valence electrons. The third-order valence-corrected chi connectivity index (χ3v) is 0.431. The van der Waals surface area contributed by atoms with E-state index < -0.39 is 0 Å². The summed E-state index contributed by atoms with van der Waals surface area (Å²) in [4.78, 5) is 9.60. The Hall–Kier alpha value is -0.180. The van der Waals surface area contributed by atoms with Crippen molar-refractivity contribution >= 4 is 18.7 Å². The fourth-order valence-electron chi connectivity index (χ4n) is 0. The Morgan fingerprint density at radius 2 is 2.20 bits per heavy atom. The quantitative estimate of drug-likeness (QED) is 0.409. The molecule has 0 saturated carbocycles. The molecule has 0 radical (unpaired) electrons. The first-order valence-electron chi connectivity index (χ1n) is 1.16. The van der Waals surface area contributed by atoms with Crippen LogP contribution in [0, 0.1) is 0 Å². The highest BCUT2D eigenvalue weighted by atomic mass is 32.1. The van der Waals surface area contributed by atoms with E-state index in [4.69, 9.17) is 0 Å². The maximum Gasteiger partial charge on any atom is 0.194 e. The fraction of sp³-hybridized carbons (Fsp3) is 0.500. The lowest BCUT2D eigenvalue weighted by molar-refractivity contribution is -0.117. The van der Waals surface area contributed by atoms with Crippen LogP contribution >= 0.6 is 0 Å². The fourth-order valence-corrected chi connectivity index (χ4v) is 0. The number of rotatable bonds is 0. The summed E-state index contributed by atoms with van der Waals surface area (Å²) in [5.41, 5.74) is 0. The van der Waals surface area contributed by atoms with Crippen LogP contribution in [-0.2, 0) is 17.6 Å². The first-order chi connectivity index (χ1) is 2.27. The molecule has 0 aliphatic rings. The third-order valence-electron chi connectivity index (χ3n) is 0.144. The van der Waals surface area contributed by atoms with Crippen molar-refractivity contribution in [2.45, 2.75) is 6.92 Å². The molecule has 0 aliphatic heterocycles. The number of nitrogens with one attached hydrogen (secondary N) is 1. The minimum Gasteiger partial charge on any atom is -0.668 e. The Morgan fingerprint density at radius 3 is 2.20 bits per heavy atom. The third kappa shape index (κ3) is 3.82. The van der Waals surface area contributed by atoms with Gasteiger partial charge in [-0.3, -0.25) is 4.79 Å². The Bertz CT molecular complexity index is 44.9. The Morgan fingerprint density at radius 1 is 2.00 bits per heavy atom. The summed E-state index contributed by atoms with van der Waals surface area (Å²) in [6.45, 7) is 1.37. The van der Waals surface area contributed by atoms with Crippen LogP contribution in [0.3, 0.4) is 0 Å². The Balaban J connectivity index is 2.85. The number of amides is 1. The number of carbonyl (C=O) groups is 1. The lowest BCUT2D eigenvalue weighted by atomic mass is 10.8. The van der Waals surface area contributed by atoms with Gasteiger partial charge in [-0.1, -0.05) is 0 Å². The molecule has 2 nitrogen and oxygen atoms in total. The zero-order valence-corrected chi connectivity index (χ0v) is 3.63. The molecule has 1 amide bonds. The largest absolute Gasteiger partial charge is 0.668 e. The van der Waals surface area contributed by atoms with E-state index in [0.29, 0.717) is 0 Å². The molecule has 0 rings (SSSR count). The zero-order valence-electron chi connectivity index (χ0n) is 2.82. The topological polar surface area (TPSA) is 29.1 Å². The molecule has 0 aliphatic carbocycles. The van der Waals surface area contributed by atoms with E-state index in [1.807, 2.05) is 4.72 Å². The lowest BCUT2D eigenvalue weighted by Gasteiger charge is -1.98. The number of hydrogen-bond acceptors (Lipinski definition) is 2. The second kappa shape index (κ2) is 2.08. The molecule has 0 aromatic heterocycles. The van der Waals surface area contributed by atoms with E-state index in [1.165, 1.54) is 6.92 Å². The van der Waals surface area contributed by atoms with Crippen LogP contribution in [0.15, 0.2) is 0 Å². The second-order valence-electron chi connectivity index (χ2n) is 0.658. The van der Waals surface area contributed by atoms with E-state index >= 15 is 0 Å². The summed E-state index contributed by atoms with van der Waals surface area (Å²) in [7, 11) is 0. The highest BCUT2D eigenvalue weighted by Crippen LogP contribution is 1.46. The first kappa shape index (κ1) is 4.82. The molecule has 0 aromatic rings. The molecular formula is C2H4NOS-. The van der Waals surface area contributed by atoms with Gasteiger partial charge in [-0.2, -0.15) is 0 Å². The van der Waals surface area contributed by atoms with Crippen LogP contribution in [0.25, 0.3) is 0 Å². The van der Waals surface area contributed by atoms with Gasteiger partial charge in [-0.05, 0) is 0 Å². The molecule has 0 heterocycles. The molecule has 0 aromatic carbocycles. The van der Waals surface area contributed by atoms with Gasteiger partial charge in [0, 0.05) is 6.92 Å². The van der Waals surface area contributed by atoms with Gasteiger partial charge in [0.15, 0.2) is 5.91 Å². The summed E-state index contributed by atoms with van der Waals surface area (Å²) < 4.78 is 1.97. The normalized spacial score (nSPS) is 6.80. The second-order valence-corrected chi connectivity index (χ2v) is 0.862. The van der Waals surface area contributed by atoms with Gasteiger partial charge in [0.1, 0.15) is 0 Å². The average molecular weight is 90.1 g/mol. The van der Waals surface area contributed by atoms with Crippen molar-refractivity contribution in [3.05, 3.63) is 0 Å². The molecule has 5 heavy (non-hydrogen) atoms. The maximum absolute atomic E-state index is 9.60. The van der Waals surface area contributed by atoms with Crippen molar-refractivity contribution in [1.29, 1.82) is 0 Å². The van der Waals surface area contributed by atoms with E-state index in [-0.39, 0.29) is 5.91 Å². The van der Waals surface area contributed by atoms with E-state index in [0.717, 1.165) is 0 Å². The number of carbonyl (C=O) groups excluding carboxylic acids is 1. The van der Waals surface area contributed by atoms with Crippen LogP contribution in [0.2, 0.25) is 0 Å². The summed E-state index contributed by atoms with van der Waals surface area (Å²) in [5.74, 6) is -0.181. The Kier molecular flexibility index (Phi) is 2.01. The van der Waals surface area contributed by atoms with Gasteiger partial charge < -0.3 is 17.5 Å². The van der Waals surface area contributed by atoms with Crippen molar-refractivity contribution in [3.8, 4) is 0 Å². The van der Waals surface area contributed by atoms with E-state index in [2.05, 4.69) is 12.8 Å². The molecule has 0 saturated heterocycles. The van der Waals surface area contributed by atoms with Gasteiger partial charge in [-0.15, -0.1) is 0 Å². The minimum atomic E-state index is -0.181. The van der Waals surface area contributed by atoms with Gasteiger partial charge in [0.05, 0.1) is 0 Å². The van der Waals surface area contributed by atoms with Gasteiger partial charge in [0.2, 0.25) is 0 Å². The van der Waals surface area contributed by atoms with Crippen LogP contribution in [-0.4, -0.2) is 5.91 Å². The first-order valence-corrected chi connectivity index (χ1v) is 1.57. The molecule has 1 N–H and O–H groups in total. The average Bonchev–Trinajstić information content (AvgIpc) is 1.38. The molecule has 0 spiro atoms. The number of hydrogen-bond donors (Lipinski definition) is 1. The molecule has 0 atom stereocenters. The van der Waals surface area contributed by atoms with Crippen LogP contribution < -0.4 is 4.72 Å². The molecule has 0 bridgehead atoms. The summed E-state index contributed by atoms with van der Waals surface area (Å²) in [5, 5.41) is 0. The highest BCUT2D eigenvalue weighted by molar-refractivity contribution is 7.57. The van der Waals surface area contributed by atoms with Gasteiger partial charge in [0.25, 0.3) is 0 Å². The molecule has 3 heteroatoms. The van der Waals surface area contributed by atoms with Crippen molar-refractivity contribution in [2.24, 2.45) is 0 Å². The van der Waals surface area contributed by atoms with Crippen LogP contribution in [0.4, 0.5) is 0 Å². The highest BCUT2D eigenvalue weighted by Gasteiger charge is 1.65. The minimum absolute atomic E-state index is 0.181. The van der Waals surface area contributed by atoms with Gasteiger partial charge in [-0.25, -0.2) is 0 Å². The molecular weight excluding hydrogens is 86.1 g/mol. The summed E-state index contributed by atoms with van der Waals surface area (Å²) in [6, 6.07) is 0. The van der Waals surface area contributed by atoms with Crippen LogP contribution in [0.5, 0.6) is 0 Å². The maximum atomic E-state index is 9.60. The van der Waals surface area contributed by atoms with Crippen molar-refractivity contribution < 1.29 is 4.79 Å². The van der Waals surface area contributed by atoms with Crippen molar-refractivity contribution in [2.75, 3.05) is 0 Å². The van der Waals surface area contributed by atoms with E-state index in [9.17, 15) is 4.79 Å². The van der Waals surface area contributed by atoms with Gasteiger partial charge >= 0.3 is 0 Å². The Labute approximate surface area is 36.1 Å². The molecule has 0 fully saturated rings. The smallest absolute Gasteiger partial charge is 0.194 e. The molecule has 0 unspecified atom stereocenters. The van der Waals surface area contributed by atoms with Crippen LogP contribution in [0.1, 0.15) is 6.92 Å². The summed E-state index contributed by atoms with van der Waals surface area (Å²) >= 11 is 4.08. The van der Waals surface area contributed by atoms with Crippen molar-refractivity contribution in [1.82, 2.24) is 4.72 Å². The monoisotopic (exact) mass is 90.0 g/mol. The summed E-state index contributed by atoms with van der Waals surface area (Å²) in [6.07, 6.45) is 0. The van der Waals surface area contributed by atoms with Crippen molar-refractivity contribution in [3.63, 3.8) is 0 Å². The zero-order chi connectivity index (χ0) is 4.28. The SMILES string of the molecule is CC(=O)N[S-]. The standard InChI is InChI=1S/C2H4NOS/c1-2(4)3-5/h1H3,(H-,3,4,5)/q-1. The lowest BCUT2D eigenvalue weighted by Crippen LogP contribution is -2.09. The van der Waals surface area contributed by atoms with E-state index in [1.54, 1.807) is 0 Å². The predicted molar refractivity (Wildman–Crippen MR) is 21.2 cm³/mol. The predicted octanol–water partition coefficient (Wildman–Crippen LogP) is -0.416.